The highest BCUT2D eigenvalue weighted by molar-refractivity contribution is 5.74. The molecule has 0 aliphatic rings. The summed E-state index contributed by atoms with van der Waals surface area (Å²) in [6.07, 6.45) is -5.37. The van der Waals surface area contributed by atoms with Crippen LogP contribution in [-0.2, 0) is 6.18 Å². The molecular weight excluding hydrogens is 325 g/mol. The highest BCUT2D eigenvalue weighted by atomic mass is 19.4. The third-order valence-corrected chi connectivity index (χ3v) is 2.94. The van der Waals surface area contributed by atoms with E-state index in [1.165, 1.54) is 24.1 Å². The molecule has 0 fully saturated rings. The third kappa shape index (κ3) is 7.08. The molecule has 0 aliphatic carbocycles. The van der Waals surface area contributed by atoms with Crippen LogP contribution in [0.3, 0.4) is 0 Å². The van der Waals surface area contributed by atoms with Crippen molar-refractivity contribution in [2.45, 2.75) is 38.6 Å². The lowest BCUT2D eigenvalue weighted by atomic mass is 10.1. The predicted molar refractivity (Wildman–Crippen MR) is 83.9 cm³/mol. The summed E-state index contributed by atoms with van der Waals surface area (Å²) in [7, 11) is 1.53. The van der Waals surface area contributed by atoms with Crippen LogP contribution >= 0.6 is 0 Å². The molecule has 0 saturated heterocycles. The molecule has 0 saturated carbocycles. The Labute approximate surface area is 139 Å². The number of carbonyl (C=O) groups excluding carboxylic acids is 1. The van der Waals surface area contributed by atoms with Crippen molar-refractivity contribution < 1.29 is 27.8 Å². The summed E-state index contributed by atoms with van der Waals surface area (Å²) in [5, 5.41) is 12.6. The first-order valence-electron chi connectivity index (χ1n) is 7.40. The minimum absolute atomic E-state index is 0.0303. The molecule has 0 aromatic heterocycles. The van der Waals surface area contributed by atoms with Crippen molar-refractivity contribution >= 4 is 6.03 Å². The number of amides is 2. The van der Waals surface area contributed by atoms with Gasteiger partial charge in [0.05, 0.1) is 12.1 Å². The molecule has 0 heterocycles. The first-order chi connectivity index (χ1) is 10.9. The number of nitrogens with one attached hydrogen (secondary N) is 1. The zero-order valence-electron chi connectivity index (χ0n) is 14.1. The standard InChI is InChI=1S/C16H23F3N2O3/c1-15(2,3)20-14(23)21(4)9-12(22)10-24-13-7-5-11(6-8-13)16(17,18)19/h5-8,12,22H,9-10H2,1-4H3,(H,20,23). The van der Waals surface area contributed by atoms with Crippen molar-refractivity contribution in [2.75, 3.05) is 20.2 Å². The lowest BCUT2D eigenvalue weighted by Gasteiger charge is -2.27. The first kappa shape index (κ1) is 20.1. The van der Waals surface area contributed by atoms with Gasteiger partial charge in [0, 0.05) is 12.6 Å². The molecule has 2 N–H and O–H groups in total. The molecule has 1 unspecified atom stereocenters. The van der Waals surface area contributed by atoms with Gasteiger partial charge in [0.2, 0.25) is 0 Å². The SMILES string of the molecule is CN(CC(O)COc1ccc(C(F)(F)F)cc1)C(=O)NC(C)(C)C. The van der Waals surface area contributed by atoms with Crippen LogP contribution in [0.1, 0.15) is 26.3 Å². The molecule has 0 bridgehead atoms. The summed E-state index contributed by atoms with van der Waals surface area (Å²) in [6, 6.07) is 3.85. The minimum atomic E-state index is -4.40. The van der Waals surface area contributed by atoms with Crippen molar-refractivity contribution in [1.82, 2.24) is 10.2 Å². The third-order valence-electron chi connectivity index (χ3n) is 2.94. The van der Waals surface area contributed by atoms with E-state index in [-0.39, 0.29) is 24.9 Å². The van der Waals surface area contributed by atoms with Gasteiger partial charge in [-0.3, -0.25) is 0 Å². The fraction of sp³-hybridized carbons (Fsp3) is 0.562. The van der Waals surface area contributed by atoms with E-state index in [1.807, 2.05) is 20.8 Å². The van der Waals surface area contributed by atoms with E-state index >= 15 is 0 Å². The fourth-order valence-corrected chi connectivity index (χ4v) is 1.80. The van der Waals surface area contributed by atoms with Gasteiger partial charge in [0.1, 0.15) is 18.5 Å². The monoisotopic (exact) mass is 348 g/mol. The van der Waals surface area contributed by atoms with Crippen LogP contribution < -0.4 is 10.1 Å². The van der Waals surface area contributed by atoms with Crippen molar-refractivity contribution in [3.63, 3.8) is 0 Å². The summed E-state index contributed by atoms with van der Waals surface area (Å²) < 4.78 is 42.6. The van der Waals surface area contributed by atoms with Crippen LogP contribution in [-0.4, -0.2) is 47.9 Å². The van der Waals surface area contributed by atoms with Gasteiger partial charge in [0.15, 0.2) is 0 Å². The Morgan fingerprint density at radius 1 is 1.25 bits per heavy atom. The maximum absolute atomic E-state index is 12.4. The lowest BCUT2D eigenvalue weighted by molar-refractivity contribution is -0.137. The topological polar surface area (TPSA) is 61.8 Å². The van der Waals surface area contributed by atoms with E-state index in [9.17, 15) is 23.1 Å². The van der Waals surface area contributed by atoms with E-state index in [2.05, 4.69) is 5.32 Å². The maximum Gasteiger partial charge on any atom is 0.416 e. The Balaban J connectivity index is 2.46. The molecule has 1 aromatic rings. The molecule has 1 atom stereocenters. The van der Waals surface area contributed by atoms with Gasteiger partial charge in [-0.1, -0.05) is 0 Å². The van der Waals surface area contributed by atoms with Gasteiger partial charge in [-0.05, 0) is 45.0 Å². The molecule has 136 valence electrons. The Hall–Kier alpha value is -1.96. The summed E-state index contributed by atoms with van der Waals surface area (Å²) in [5.74, 6) is 0.212. The normalized spacial score (nSPS) is 13.3. The van der Waals surface area contributed by atoms with E-state index < -0.39 is 23.4 Å². The number of aliphatic hydroxyl groups is 1. The number of aliphatic hydroxyl groups excluding tert-OH is 1. The van der Waals surface area contributed by atoms with Crippen LogP contribution in [0.25, 0.3) is 0 Å². The smallest absolute Gasteiger partial charge is 0.416 e. The number of hydrogen-bond acceptors (Lipinski definition) is 3. The number of carbonyl (C=O) groups is 1. The molecule has 0 radical (unpaired) electrons. The van der Waals surface area contributed by atoms with E-state index in [0.717, 1.165) is 12.1 Å². The lowest BCUT2D eigenvalue weighted by Crippen LogP contribution is -2.49. The Morgan fingerprint density at radius 3 is 2.25 bits per heavy atom. The van der Waals surface area contributed by atoms with Gasteiger partial charge >= 0.3 is 12.2 Å². The van der Waals surface area contributed by atoms with Crippen LogP contribution in [0.15, 0.2) is 24.3 Å². The number of urea groups is 1. The van der Waals surface area contributed by atoms with E-state index in [4.69, 9.17) is 4.74 Å². The number of ether oxygens (including phenoxy) is 1. The van der Waals surface area contributed by atoms with E-state index in [0.29, 0.717) is 0 Å². The molecule has 8 heteroatoms. The number of benzene rings is 1. The maximum atomic E-state index is 12.4. The second kappa shape index (κ2) is 7.74. The Kier molecular flexibility index (Phi) is 6.48. The summed E-state index contributed by atoms with van der Waals surface area (Å²) in [5.41, 5.74) is -1.17. The van der Waals surface area contributed by atoms with Gasteiger partial charge in [-0.2, -0.15) is 13.2 Å². The largest absolute Gasteiger partial charge is 0.491 e. The number of hydrogen-bond donors (Lipinski definition) is 2. The van der Waals surface area contributed by atoms with Gasteiger partial charge < -0.3 is 20.1 Å². The number of likely N-dealkylation sites (N-methyl/N-ethyl adjacent to an activating group) is 1. The molecular formula is C16H23F3N2O3. The van der Waals surface area contributed by atoms with Gasteiger partial charge in [-0.15, -0.1) is 0 Å². The number of nitrogens with zero attached hydrogens (tertiary/aromatic N) is 1. The molecule has 0 spiro atoms. The summed E-state index contributed by atoms with van der Waals surface area (Å²) >= 11 is 0. The number of alkyl halides is 3. The second-order valence-corrected chi connectivity index (χ2v) is 6.55. The number of halogens is 3. The van der Waals surface area contributed by atoms with Gasteiger partial charge in [-0.25, -0.2) is 4.79 Å². The van der Waals surface area contributed by atoms with Gasteiger partial charge in [0.25, 0.3) is 0 Å². The van der Waals surface area contributed by atoms with Crippen LogP contribution in [0, 0.1) is 0 Å². The molecule has 1 aromatic carbocycles. The fourth-order valence-electron chi connectivity index (χ4n) is 1.80. The van der Waals surface area contributed by atoms with Crippen molar-refractivity contribution in [2.24, 2.45) is 0 Å². The highest BCUT2D eigenvalue weighted by Gasteiger charge is 2.30. The average Bonchev–Trinajstić information content (AvgIpc) is 2.42. The van der Waals surface area contributed by atoms with Crippen molar-refractivity contribution in [3.05, 3.63) is 29.8 Å². The first-order valence-corrected chi connectivity index (χ1v) is 7.40. The van der Waals surface area contributed by atoms with Crippen LogP contribution in [0.5, 0.6) is 5.75 Å². The summed E-state index contributed by atoms with van der Waals surface area (Å²) in [6.45, 7) is 5.40. The van der Waals surface area contributed by atoms with Crippen LogP contribution in [0.4, 0.5) is 18.0 Å². The molecule has 0 aliphatic heterocycles. The molecule has 24 heavy (non-hydrogen) atoms. The van der Waals surface area contributed by atoms with E-state index in [1.54, 1.807) is 0 Å². The van der Waals surface area contributed by atoms with Crippen LogP contribution in [0.2, 0.25) is 0 Å². The minimum Gasteiger partial charge on any atom is -0.491 e. The Bertz CT molecular complexity index is 539. The highest BCUT2D eigenvalue weighted by Crippen LogP contribution is 2.30. The quantitative estimate of drug-likeness (QED) is 0.860. The second-order valence-electron chi connectivity index (χ2n) is 6.55. The zero-order chi connectivity index (χ0) is 18.5. The Morgan fingerprint density at radius 2 is 1.79 bits per heavy atom. The molecule has 5 nitrogen and oxygen atoms in total. The van der Waals surface area contributed by atoms with Crippen molar-refractivity contribution in [1.29, 1.82) is 0 Å². The predicted octanol–water partition coefficient (Wildman–Crippen LogP) is 2.89. The average molecular weight is 348 g/mol. The molecule has 1 rings (SSSR count). The number of rotatable bonds is 5. The van der Waals surface area contributed by atoms with Crippen molar-refractivity contribution in [3.8, 4) is 5.75 Å². The molecule has 2 amide bonds. The zero-order valence-corrected chi connectivity index (χ0v) is 14.1. The summed E-state index contributed by atoms with van der Waals surface area (Å²) in [4.78, 5) is 13.2.